The zero-order valence-electron chi connectivity index (χ0n) is 11.1. The minimum Gasteiger partial charge on any atom is -0.369 e. The zero-order valence-corrected chi connectivity index (χ0v) is 11.9. The van der Waals surface area contributed by atoms with Crippen LogP contribution in [0.25, 0.3) is 10.9 Å². The number of para-hydroxylation sites is 1. The van der Waals surface area contributed by atoms with E-state index in [9.17, 15) is 0 Å². The second kappa shape index (κ2) is 5.46. The van der Waals surface area contributed by atoms with Crippen molar-refractivity contribution in [2.45, 2.75) is 6.92 Å². The quantitative estimate of drug-likeness (QED) is 0.624. The Balaban J connectivity index is 0.00000147. The van der Waals surface area contributed by atoms with Gasteiger partial charge in [0.05, 0.1) is 17.8 Å². The van der Waals surface area contributed by atoms with Gasteiger partial charge in [0.2, 0.25) is 5.96 Å². The Bertz CT molecular complexity index is 677. The molecule has 0 saturated carbocycles. The van der Waals surface area contributed by atoms with Gasteiger partial charge >= 0.3 is 0 Å². The maximum atomic E-state index is 7.48. The first kappa shape index (κ1) is 14.3. The fourth-order valence-electron chi connectivity index (χ4n) is 2.41. The number of aromatic nitrogens is 1. The SMILES string of the molecule is CC1CN(C(=N)N)N=C1c1ccnc2ccccc12.Cl. The highest BCUT2D eigenvalue weighted by atomic mass is 35.5. The van der Waals surface area contributed by atoms with E-state index in [1.165, 1.54) is 5.01 Å². The highest BCUT2D eigenvalue weighted by Gasteiger charge is 2.26. The summed E-state index contributed by atoms with van der Waals surface area (Å²) in [7, 11) is 0. The number of hydrogen-bond acceptors (Lipinski definition) is 3. The molecule has 1 aliphatic rings. The van der Waals surface area contributed by atoms with Crippen molar-refractivity contribution in [3.05, 3.63) is 42.1 Å². The average Bonchev–Trinajstić information content (AvgIpc) is 2.80. The summed E-state index contributed by atoms with van der Waals surface area (Å²) in [4.78, 5) is 4.36. The molecule has 0 aliphatic carbocycles. The van der Waals surface area contributed by atoms with Crippen molar-refractivity contribution in [2.24, 2.45) is 16.8 Å². The minimum atomic E-state index is -0.0137. The first-order chi connectivity index (χ1) is 9.16. The van der Waals surface area contributed by atoms with Crippen LogP contribution in [0.3, 0.4) is 0 Å². The van der Waals surface area contributed by atoms with Crippen molar-refractivity contribution in [1.82, 2.24) is 9.99 Å². The average molecular weight is 290 g/mol. The van der Waals surface area contributed by atoms with E-state index in [2.05, 4.69) is 17.0 Å². The van der Waals surface area contributed by atoms with Crippen LogP contribution in [0.4, 0.5) is 0 Å². The summed E-state index contributed by atoms with van der Waals surface area (Å²) in [5.74, 6) is 0.231. The molecule has 3 N–H and O–H groups in total. The summed E-state index contributed by atoms with van der Waals surface area (Å²) in [5.41, 5.74) is 8.50. The van der Waals surface area contributed by atoms with Crippen molar-refractivity contribution in [1.29, 1.82) is 5.41 Å². The van der Waals surface area contributed by atoms with Crippen molar-refractivity contribution >= 4 is 35.0 Å². The first-order valence-electron chi connectivity index (χ1n) is 6.21. The van der Waals surface area contributed by atoms with Gasteiger partial charge in [-0.05, 0) is 12.1 Å². The molecule has 20 heavy (non-hydrogen) atoms. The largest absolute Gasteiger partial charge is 0.369 e. The lowest BCUT2D eigenvalue weighted by atomic mass is 9.96. The van der Waals surface area contributed by atoms with E-state index >= 15 is 0 Å². The number of nitrogens with one attached hydrogen (secondary N) is 1. The topological polar surface area (TPSA) is 78.4 Å². The molecule has 0 spiro atoms. The molecule has 5 nitrogen and oxygen atoms in total. The summed E-state index contributed by atoms with van der Waals surface area (Å²) >= 11 is 0. The fraction of sp³-hybridized carbons (Fsp3) is 0.214. The Morgan fingerprint density at radius 2 is 2.10 bits per heavy atom. The Kier molecular flexibility index (Phi) is 3.90. The summed E-state index contributed by atoms with van der Waals surface area (Å²) in [6.07, 6.45) is 1.79. The molecular weight excluding hydrogens is 274 g/mol. The number of nitrogens with two attached hydrogens (primary N) is 1. The third-order valence-corrected chi connectivity index (χ3v) is 3.35. The van der Waals surface area contributed by atoms with E-state index in [4.69, 9.17) is 11.1 Å². The van der Waals surface area contributed by atoms with Crippen LogP contribution < -0.4 is 5.73 Å². The highest BCUT2D eigenvalue weighted by molar-refractivity contribution is 6.12. The standard InChI is InChI=1S/C14H15N5.ClH/c1-9-8-19(14(15)16)18-13(9)11-6-7-17-12-5-3-2-4-10(11)12;/h2-7,9H,8H2,1H3,(H3,15,16);1H. The van der Waals surface area contributed by atoms with Gasteiger partial charge in [0.15, 0.2) is 0 Å². The number of nitrogens with zero attached hydrogens (tertiary/aromatic N) is 3. The Labute approximate surface area is 123 Å². The molecular formula is C14H16ClN5. The summed E-state index contributed by atoms with van der Waals surface area (Å²) in [6, 6.07) is 9.98. The van der Waals surface area contributed by atoms with Crippen LogP contribution in [0, 0.1) is 11.3 Å². The van der Waals surface area contributed by atoms with Crippen LogP contribution in [-0.4, -0.2) is 28.2 Å². The molecule has 0 saturated heterocycles. The van der Waals surface area contributed by atoms with Gasteiger partial charge in [0.25, 0.3) is 0 Å². The van der Waals surface area contributed by atoms with Crippen LogP contribution in [0.1, 0.15) is 12.5 Å². The van der Waals surface area contributed by atoms with E-state index in [0.717, 1.165) is 22.2 Å². The molecule has 1 unspecified atom stereocenters. The molecule has 1 aliphatic heterocycles. The number of pyridine rings is 1. The molecule has 0 bridgehead atoms. The van der Waals surface area contributed by atoms with Crippen molar-refractivity contribution in [3.63, 3.8) is 0 Å². The molecule has 3 rings (SSSR count). The molecule has 0 amide bonds. The van der Waals surface area contributed by atoms with Gasteiger partial charge in [-0.25, -0.2) is 5.01 Å². The number of hydrogen-bond donors (Lipinski definition) is 2. The molecule has 2 aromatic rings. The molecule has 1 atom stereocenters. The van der Waals surface area contributed by atoms with Crippen LogP contribution in [0.2, 0.25) is 0 Å². The van der Waals surface area contributed by atoms with Crippen molar-refractivity contribution < 1.29 is 0 Å². The lowest BCUT2D eigenvalue weighted by molar-refractivity contribution is 0.448. The van der Waals surface area contributed by atoms with Gasteiger partial charge in [-0.15, -0.1) is 12.4 Å². The van der Waals surface area contributed by atoms with Gasteiger partial charge < -0.3 is 5.73 Å². The van der Waals surface area contributed by atoms with Crippen LogP contribution in [0.15, 0.2) is 41.6 Å². The number of hydrazone groups is 1. The van der Waals surface area contributed by atoms with E-state index in [1.807, 2.05) is 30.3 Å². The number of halogens is 1. The molecule has 0 radical (unpaired) electrons. The molecule has 1 aromatic heterocycles. The van der Waals surface area contributed by atoms with Gasteiger partial charge in [-0.1, -0.05) is 25.1 Å². The Morgan fingerprint density at radius 3 is 2.80 bits per heavy atom. The van der Waals surface area contributed by atoms with Gasteiger partial charge in [-0.2, -0.15) is 5.10 Å². The zero-order chi connectivity index (χ0) is 13.4. The van der Waals surface area contributed by atoms with Crippen LogP contribution in [0.5, 0.6) is 0 Å². The van der Waals surface area contributed by atoms with E-state index in [-0.39, 0.29) is 24.3 Å². The predicted octanol–water partition coefficient (Wildman–Crippen LogP) is 2.21. The molecule has 104 valence electrons. The molecule has 6 heteroatoms. The summed E-state index contributed by atoms with van der Waals surface area (Å²) in [6.45, 7) is 2.75. The number of rotatable bonds is 1. The van der Waals surface area contributed by atoms with Crippen molar-refractivity contribution in [2.75, 3.05) is 6.54 Å². The number of benzene rings is 1. The van der Waals surface area contributed by atoms with Gasteiger partial charge in [0.1, 0.15) is 0 Å². The van der Waals surface area contributed by atoms with Gasteiger partial charge in [-0.3, -0.25) is 10.4 Å². The number of guanidine groups is 1. The monoisotopic (exact) mass is 289 g/mol. The van der Waals surface area contributed by atoms with Crippen LogP contribution >= 0.6 is 12.4 Å². The van der Waals surface area contributed by atoms with E-state index < -0.39 is 0 Å². The van der Waals surface area contributed by atoms with E-state index in [1.54, 1.807) is 6.20 Å². The summed E-state index contributed by atoms with van der Waals surface area (Å²) in [5, 5.41) is 14.6. The lowest BCUT2D eigenvalue weighted by Crippen LogP contribution is -2.31. The summed E-state index contributed by atoms with van der Waals surface area (Å²) < 4.78 is 0. The Morgan fingerprint density at radius 1 is 1.35 bits per heavy atom. The third-order valence-electron chi connectivity index (χ3n) is 3.35. The maximum absolute atomic E-state index is 7.48. The van der Waals surface area contributed by atoms with E-state index in [0.29, 0.717) is 6.54 Å². The normalized spacial score (nSPS) is 17.8. The predicted molar refractivity (Wildman–Crippen MR) is 83.3 cm³/mol. The molecule has 1 aromatic carbocycles. The van der Waals surface area contributed by atoms with Crippen LogP contribution in [-0.2, 0) is 0 Å². The lowest BCUT2D eigenvalue weighted by Gasteiger charge is -2.10. The third kappa shape index (κ3) is 2.32. The van der Waals surface area contributed by atoms with Crippen molar-refractivity contribution in [3.8, 4) is 0 Å². The first-order valence-corrected chi connectivity index (χ1v) is 6.21. The highest BCUT2D eigenvalue weighted by Crippen LogP contribution is 2.24. The minimum absolute atomic E-state index is 0. The smallest absolute Gasteiger partial charge is 0.209 e. The second-order valence-electron chi connectivity index (χ2n) is 4.73. The number of fused-ring (bicyclic) bond motifs is 1. The molecule has 0 fully saturated rings. The molecule has 2 heterocycles. The fourth-order valence-corrected chi connectivity index (χ4v) is 2.41. The second-order valence-corrected chi connectivity index (χ2v) is 4.73. The maximum Gasteiger partial charge on any atom is 0.209 e. The Hall–Kier alpha value is -2.14. The van der Waals surface area contributed by atoms with Gasteiger partial charge in [0, 0.05) is 23.1 Å².